The van der Waals surface area contributed by atoms with Crippen LogP contribution in [0.25, 0.3) is 5.69 Å². The molecule has 0 aliphatic heterocycles. The topological polar surface area (TPSA) is 61.0 Å². The molecule has 23 heavy (non-hydrogen) atoms. The van der Waals surface area contributed by atoms with Crippen LogP contribution in [-0.4, -0.2) is 14.7 Å². The molecule has 0 atom stereocenters. The van der Waals surface area contributed by atoms with Crippen molar-refractivity contribution in [2.45, 2.75) is 10.1 Å². The summed E-state index contributed by atoms with van der Waals surface area (Å²) >= 11 is 8.20. The van der Waals surface area contributed by atoms with Gasteiger partial charge in [-0.05, 0) is 24.4 Å². The summed E-state index contributed by atoms with van der Waals surface area (Å²) in [5.74, 6) is 0.480. The molecule has 116 valence electrons. The summed E-state index contributed by atoms with van der Waals surface area (Å²) in [5.41, 5.74) is 1.72. The average molecular weight is 361 g/mol. The summed E-state index contributed by atoms with van der Waals surface area (Å²) in [4.78, 5) is 10.7. The van der Waals surface area contributed by atoms with Gasteiger partial charge in [0, 0.05) is 17.4 Å². The Balaban J connectivity index is 1.81. The van der Waals surface area contributed by atoms with Gasteiger partial charge in [-0.15, -0.1) is 5.10 Å². The summed E-state index contributed by atoms with van der Waals surface area (Å²) < 4.78 is 3.15. The molecule has 0 N–H and O–H groups in total. The van der Waals surface area contributed by atoms with Crippen LogP contribution in [0.2, 0.25) is 0 Å². The molecule has 1 heterocycles. The Hall–Kier alpha value is -2.03. The second kappa shape index (κ2) is 7.03. The fraction of sp³-hybridized carbons (Fsp3) is 0.0667. The van der Waals surface area contributed by atoms with Gasteiger partial charge in [-0.3, -0.25) is 10.1 Å². The maximum atomic E-state index is 11.0. The van der Waals surface area contributed by atoms with Crippen LogP contribution >= 0.6 is 35.3 Å². The lowest BCUT2D eigenvalue weighted by Crippen LogP contribution is -1.96. The summed E-state index contributed by atoms with van der Waals surface area (Å²) in [6.07, 6.45) is 0. The summed E-state index contributed by atoms with van der Waals surface area (Å²) in [5, 5.41) is 15.5. The fourth-order valence-electron chi connectivity index (χ4n) is 2.00. The molecule has 0 bridgehead atoms. The minimum atomic E-state index is -0.361. The van der Waals surface area contributed by atoms with Crippen molar-refractivity contribution in [1.82, 2.24) is 9.78 Å². The van der Waals surface area contributed by atoms with Crippen molar-refractivity contribution in [2.24, 2.45) is 0 Å². The van der Waals surface area contributed by atoms with E-state index in [2.05, 4.69) is 5.10 Å². The maximum absolute atomic E-state index is 11.0. The number of benzene rings is 2. The highest BCUT2D eigenvalue weighted by molar-refractivity contribution is 8.00. The van der Waals surface area contributed by atoms with Crippen LogP contribution in [-0.2, 0) is 5.75 Å². The van der Waals surface area contributed by atoms with E-state index in [1.165, 1.54) is 29.2 Å². The van der Waals surface area contributed by atoms with Crippen molar-refractivity contribution < 1.29 is 4.92 Å². The van der Waals surface area contributed by atoms with Gasteiger partial charge in [0.05, 0.1) is 10.6 Å². The number of nitrogens with zero attached hydrogens (tertiary/aromatic N) is 3. The molecule has 8 heteroatoms. The third kappa shape index (κ3) is 3.66. The van der Waals surface area contributed by atoms with E-state index in [4.69, 9.17) is 12.2 Å². The predicted octanol–water partition coefficient (Wildman–Crippen LogP) is 4.86. The Morgan fingerprint density at radius 3 is 2.61 bits per heavy atom. The van der Waals surface area contributed by atoms with Gasteiger partial charge < -0.3 is 0 Å². The summed E-state index contributed by atoms with van der Waals surface area (Å²) in [6, 6.07) is 16.4. The molecule has 0 radical (unpaired) electrons. The number of para-hydroxylation sites is 2. The number of nitro groups is 1. The Labute approximate surface area is 145 Å². The first-order chi connectivity index (χ1) is 11.1. The first-order valence-corrected chi connectivity index (χ1v) is 8.87. The number of aromatic nitrogens is 2. The average Bonchev–Trinajstić information content (AvgIpc) is 2.95. The minimum Gasteiger partial charge on any atom is -0.258 e. The molecule has 0 amide bonds. The van der Waals surface area contributed by atoms with Crippen molar-refractivity contribution in [3.8, 4) is 5.69 Å². The molecule has 3 rings (SSSR count). The molecule has 3 aromatic rings. The predicted molar refractivity (Wildman–Crippen MR) is 94.9 cm³/mol. The Morgan fingerprint density at radius 2 is 1.87 bits per heavy atom. The van der Waals surface area contributed by atoms with E-state index in [9.17, 15) is 10.1 Å². The first-order valence-electron chi connectivity index (χ1n) is 6.66. The van der Waals surface area contributed by atoms with Gasteiger partial charge >= 0.3 is 0 Å². The zero-order valence-corrected chi connectivity index (χ0v) is 14.2. The molecule has 0 saturated heterocycles. The molecule has 0 saturated carbocycles. The lowest BCUT2D eigenvalue weighted by atomic mass is 10.2. The van der Waals surface area contributed by atoms with Gasteiger partial charge in [-0.2, -0.15) is 0 Å². The van der Waals surface area contributed by atoms with Gasteiger partial charge in [0.1, 0.15) is 0 Å². The van der Waals surface area contributed by atoms with E-state index >= 15 is 0 Å². The minimum absolute atomic E-state index is 0.131. The Morgan fingerprint density at radius 1 is 1.17 bits per heavy atom. The number of hydrogen-bond acceptors (Lipinski definition) is 6. The van der Waals surface area contributed by atoms with Gasteiger partial charge in [0.25, 0.3) is 5.69 Å². The van der Waals surface area contributed by atoms with Gasteiger partial charge in [-0.25, -0.2) is 4.68 Å². The zero-order valence-electron chi connectivity index (χ0n) is 11.8. The van der Waals surface area contributed by atoms with Crippen LogP contribution in [0.1, 0.15) is 5.56 Å². The Bertz CT molecular complexity index is 890. The van der Waals surface area contributed by atoms with E-state index < -0.39 is 0 Å². The molecule has 0 aliphatic rings. The van der Waals surface area contributed by atoms with Crippen LogP contribution in [0.15, 0.2) is 58.9 Å². The lowest BCUT2D eigenvalue weighted by molar-refractivity contribution is -0.385. The largest absolute Gasteiger partial charge is 0.273 e. The van der Waals surface area contributed by atoms with Crippen molar-refractivity contribution in [3.63, 3.8) is 0 Å². The van der Waals surface area contributed by atoms with Crippen LogP contribution < -0.4 is 0 Å². The van der Waals surface area contributed by atoms with E-state index in [-0.39, 0.29) is 10.6 Å². The molecule has 5 nitrogen and oxygen atoms in total. The quantitative estimate of drug-likeness (QED) is 0.281. The van der Waals surface area contributed by atoms with Crippen LogP contribution in [0.3, 0.4) is 0 Å². The normalized spacial score (nSPS) is 10.6. The van der Waals surface area contributed by atoms with E-state index in [1.54, 1.807) is 22.9 Å². The molecule has 0 unspecified atom stereocenters. The van der Waals surface area contributed by atoms with Gasteiger partial charge in [0.2, 0.25) is 0 Å². The zero-order chi connectivity index (χ0) is 16.2. The van der Waals surface area contributed by atoms with Crippen molar-refractivity contribution in [1.29, 1.82) is 0 Å². The Kier molecular flexibility index (Phi) is 4.85. The van der Waals surface area contributed by atoms with Gasteiger partial charge in [-0.1, -0.05) is 59.5 Å². The third-order valence-electron chi connectivity index (χ3n) is 3.07. The molecule has 1 aromatic heterocycles. The molecule has 2 aromatic carbocycles. The first kappa shape index (κ1) is 15.9. The van der Waals surface area contributed by atoms with E-state index in [0.29, 0.717) is 15.3 Å². The molecule has 0 fully saturated rings. The second-order valence-corrected chi connectivity index (χ2v) is 7.40. The standard InChI is InChI=1S/C15H11N3O2S3/c19-18(20)13-9-5-4-6-11(13)10-22-14-16-17(15(21)23-14)12-7-2-1-3-8-12/h1-9H,10H2. The SMILES string of the molecule is O=[N+]([O-])c1ccccc1CSc1nn(-c2ccccc2)c(=S)s1. The van der Waals surface area contributed by atoms with Crippen LogP contribution in [0, 0.1) is 14.1 Å². The summed E-state index contributed by atoms with van der Waals surface area (Å²) in [6.45, 7) is 0. The van der Waals surface area contributed by atoms with Crippen LogP contribution in [0.5, 0.6) is 0 Å². The smallest absolute Gasteiger partial charge is 0.258 e. The molecule has 0 aliphatic carbocycles. The highest BCUT2D eigenvalue weighted by Gasteiger charge is 2.14. The molecule has 0 spiro atoms. The van der Waals surface area contributed by atoms with E-state index in [0.717, 1.165) is 10.0 Å². The number of nitro benzene ring substituents is 1. The summed E-state index contributed by atoms with van der Waals surface area (Å²) in [7, 11) is 0. The third-order valence-corrected chi connectivity index (χ3v) is 5.48. The highest BCUT2D eigenvalue weighted by Crippen LogP contribution is 2.30. The maximum Gasteiger partial charge on any atom is 0.273 e. The monoisotopic (exact) mass is 361 g/mol. The second-order valence-electron chi connectivity index (χ2n) is 4.56. The molecular weight excluding hydrogens is 350 g/mol. The lowest BCUT2D eigenvalue weighted by Gasteiger charge is -2.01. The van der Waals surface area contributed by atoms with Crippen molar-refractivity contribution in [2.75, 3.05) is 0 Å². The number of thioether (sulfide) groups is 1. The number of hydrogen-bond donors (Lipinski definition) is 0. The van der Waals surface area contributed by atoms with Crippen molar-refractivity contribution in [3.05, 3.63) is 74.2 Å². The van der Waals surface area contributed by atoms with Crippen molar-refractivity contribution >= 4 is 41.0 Å². The van der Waals surface area contributed by atoms with Crippen LogP contribution in [0.4, 0.5) is 5.69 Å². The van der Waals surface area contributed by atoms with Gasteiger partial charge in [0.15, 0.2) is 8.29 Å². The molecular formula is C15H11N3O2S3. The van der Waals surface area contributed by atoms with E-state index in [1.807, 2.05) is 30.3 Å². The highest BCUT2D eigenvalue weighted by atomic mass is 32.2. The number of rotatable bonds is 5. The fourth-order valence-corrected chi connectivity index (χ4v) is 4.36.